The van der Waals surface area contributed by atoms with Gasteiger partial charge in [0.15, 0.2) is 0 Å². The quantitative estimate of drug-likeness (QED) is 0.595. The summed E-state index contributed by atoms with van der Waals surface area (Å²) in [5.74, 6) is 1.17. The van der Waals surface area contributed by atoms with Gasteiger partial charge in [0.25, 0.3) is 5.91 Å². The van der Waals surface area contributed by atoms with E-state index in [0.29, 0.717) is 17.8 Å². The summed E-state index contributed by atoms with van der Waals surface area (Å²) >= 11 is 0. The summed E-state index contributed by atoms with van der Waals surface area (Å²) in [7, 11) is 4.00. The zero-order chi connectivity index (χ0) is 23.4. The van der Waals surface area contributed by atoms with E-state index < -0.39 is 0 Å². The normalized spacial score (nSPS) is 16.1. The van der Waals surface area contributed by atoms with Crippen LogP contribution in [0.2, 0.25) is 0 Å². The minimum atomic E-state index is -0.299. The lowest BCUT2D eigenvalue weighted by molar-refractivity contribution is 0.0949. The fraction of sp³-hybridized carbons (Fsp3) is 0.360. The zero-order valence-electron chi connectivity index (χ0n) is 19.3. The molecular weight excluding hydrogens is 419 g/mol. The molecule has 1 amide bonds. The molecule has 0 bridgehead atoms. The van der Waals surface area contributed by atoms with Gasteiger partial charge in [-0.05, 0) is 50.1 Å². The monoisotopic (exact) mass is 448 g/mol. The second kappa shape index (κ2) is 10.0. The van der Waals surface area contributed by atoms with Crippen molar-refractivity contribution in [3.63, 3.8) is 0 Å². The Kier molecular flexibility index (Phi) is 6.93. The highest BCUT2D eigenvalue weighted by atomic mass is 19.1. The van der Waals surface area contributed by atoms with Crippen LogP contribution in [0.4, 0.5) is 10.2 Å². The number of aromatic nitrogens is 3. The van der Waals surface area contributed by atoms with E-state index in [0.717, 1.165) is 43.1 Å². The van der Waals surface area contributed by atoms with Gasteiger partial charge < -0.3 is 10.2 Å². The molecular formula is C25H29FN6O. The Hall–Kier alpha value is -3.39. The van der Waals surface area contributed by atoms with Crippen molar-refractivity contribution in [3.8, 4) is 0 Å². The number of carbonyl (C=O) groups excluding carboxylic acids is 1. The SMILES string of the molecule is Cc1nc(C2CCCN2Cc2cccnc2N(C)C)ncc1C(=O)NCc1ccc(F)cc1. The van der Waals surface area contributed by atoms with E-state index >= 15 is 0 Å². The summed E-state index contributed by atoms with van der Waals surface area (Å²) in [6.45, 7) is 3.89. The minimum Gasteiger partial charge on any atom is -0.362 e. The van der Waals surface area contributed by atoms with Crippen LogP contribution in [-0.2, 0) is 13.1 Å². The molecule has 0 aliphatic carbocycles. The van der Waals surface area contributed by atoms with E-state index in [1.54, 1.807) is 18.3 Å². The van der Waals surface area contributed by atoms with Gasteiger partial charge in [0.2, 0.25) is 0 Å². The van der Waals surface area contributed by atoms with Crippen molar-refractivity contribution in [2.24, 2.45) is 0 Å². The summed E-state index contributed by atoms with van der Waals surface area (Å²) in [6, 6.07) is 10.2. The lowest BCUT2D eigenvalue weighted by Gasteiger charge is -2.25. The minimum absolute atomic E-state index is 0.107. The number of hydrogen-bond acceptors (Lipinski definition) is 6. The molecule has 33 heavy (non-hydrogen) atoms. The van der Waals surface area contributed by atoms with Crippen LogP contribution in [0.1, 0.15) is 51.9 Å². The number of carbonyl (C=O) groups is 1. The number of aryl methyl sites for hydroxylation is 1. The van der Waals surface area contributed by atoms with Gasteiger partial charge >= 0.3 is 0 Å². The molecule has 1 aliphatic rings. The van der Waals surface area contributed by atoms with Crippen LogP contribution < -0.4 is 10.2 Å². The smallest absolute Gasteiger partial charge is 0.254 e. The number of rotatable bonds is 7. The van der Waals surface area contributed by atoms with Gasteiger partial charge in [0.05, 0.1) is 17.3 Å². The van der Waals surface area contributed by atoms with Gasteiger partial charge in [-0.1, -0.05) is 18.2 Å². The number of nitrogens with zero attached hydrogens (tertiary/aromatic N) is 5. The number of anilines is 1. The van der Waals surface area contributed by atoms with Crippen molar-refractivity contribution in [3.05, 3.63) is 82.8 Å². The molecule has 0 spiro atoms. The third-order valence-corrected chi connectivity index (χ3v) is 5.94. The average molecular weight is 449 g/mol. The largest absolute Gasteiger partial charge is 0.362 e. The molecule has 1 aliphatic heterocycles. The molecule has 1 atom stereocenters. The number of pyridine rings is 1. The van der Waals surface area contributed by atoms with Crippen LogP contribution in [0.5, 0.6) is 0 Å². The molecule has 3 aromatic rings. The fourth-order valence-corrected chi connectivity index (χ4v) is 4.23. The molecule has 1 aromatic carbocycles. The Morgan fingerprint density at radius 1 is 1.21 bits per heavy atom. The fourth-order valence-electron chi connectivity index (χ4n) is 4.23. The summed E-state index contributed by atoms with van der Waals surface area (Å²) in [5.41, 5.74) is 3.10. The molecule has 0 radical (unpaired) electrons. The molecule has 1 saturated heterocycles. The number of likely N-dealkylation sites (tertiary alicyclic amines) is 1. The predicted molar refractivity (Wildman–Crippen MR) is 125 cm³/mol. The molecule has 7 nitrogen and oxygen atoms in total. The number of amides is 1. The standard InChI is InChI=1S/C25H29FN6O/c1-17-21(25(33)29-14-18-8-10-20(26)11-9-18)15-28-23(30-17)22-7-5-13-32(22)16-19-6-4-12-27-24(19)31(2)3/h4,6,8-12,15,22H,5,7,13-14,16H2,1-3H3,(H,29,33). The Balaban J connectivity index is 1.45. The van der Waals surface area contributed by atoms with Crippen molar-refractivity contribution < 1.29 is 9.18 Å². The first-order valence-corrected chi connectivity index (χ1v) is 11.1. The first kappa shape index (κ1) is 22.8. The molecule has 8 heteroatoms. The average Bonchev–Trinajstić information content (AvgIpc) is 3.27. The van der Waals surface area contributed by atoms with Crippen molar-refractivity contribution in [2.45, 2.75) is 38.9 Å². The predicted octanol–water partition coefficient (Wildman–Crippen LogP) is 3.65. The molecule has 1 unspecified atom stereocenters. The van der Waals surface area contributed by atoms with Crippen LogP contribution >= 0.6 is 0 Å². The zero-order valence-corrected chi connectivity index (χ0v) is 19.3. The number of hydrogen-bond donors (Lipinski definition) is 1. The summed E-state index contributed by atoms with van der Waals surface area (Å²) in [5, 5.41) is 2.86. The Morgan fingerprint density at radius 2 is 2.00 bits per heavy atom. The maximum Gasteiger partial charge on any atom is 0.254 e. The first-order valence-electron chi connectivity index (χ1n) is 11.1. The van der Waals surface area contributed by atoms with Crippen molar-refractivity contribution in [1.29, 1.82) is 0 Å². The third kappa shape index (κ3) is 5.34. The van der Waals surface area contributed by atoms with E-state index in [1.165, 1.54) is 17.7 Å². The third-order valence-electron chi connectivity index (χ3n) is 5.94. The van der Waals surface area contributed by atoms with Crippen LogP contribution in [0, 0.1) is 12.7 Å². The van der Waals surface area contributed by atoms with E-state index in [9.17, 15) is 9.18 Å². The van der Waals surface area contributed by atoms with Crippen LogP contribution in [-0.4, -0.2) is 46.4 Å². The van der Waals surface area contributed by atoms with Crippen LogP contribution in [0.25, 0.3) is 0 Å². The van der Waals surface area contributed by atoms with Crippen LogP contribution in [0.3, 0.4) is 0 Å². The topological polar surface area (TPSA) is 74.2 Å². The van der Waals surface area contributed by atoms with E-state index in [-0.39, 0.29) is 17.8 Å². The summed E-state index contributed by atoms with van der Waals surface area (Å²) < 4.78 is 13.1. The lowest BCUT2D eigenvalue weighted by atomic mass is 10.1. The molecule has 4 rings (SSSR count). The van der Waals surface area contributed by atoms with Gasteiger partial charge in [0, 0.05) is 45.1 Å². The molecule has 3 heterocycles. The Labute approximate surface area is 193 Å². The van der Waals surface area contributed by atoms with Gasteiger partial charge in [-0.25, -0.2) is 19.3 Å². The lowest BCUT2D eigenvalue weighted by Crippen LogP contribution is -2.27. The summed E-state index contributed by atoms with van der Waals surface area (Å²) in [4.78, 5) is 30.9. The van der Waals surface area contributed by atoms with Crippen molar-refractivity contribution in [1.82, 2.24) is 25.2 Å². The summed E-state index contributed by atoms with van der Waals surface area (Å²) in [6.07, 6.45) is 5.48. The maximum atomic E-state index is 13.1. The number of halogens is 1. The van der Waals surface area contributed by atoms with E-state index in [1.807, 2.05) is 38.2 Å². The van der Waals surface area contributed by atoms with Crippen molar-refractivity contribution >= 4 is 11.7 Å². The molecule has 0 saturated carbocycles. The van der Waals surface area contributed by atoms with E-state index in [4.69, 9.17) is 4.98 Å². The highest BCUT2D eigenvalue weighted by Crippen LogP contribution is 2.32. The highest BCUT2D eigenvalue weighted by molar-refractivity contribution is 5.94. The van der Waals surface area contributed by atoms with Gasteiger partial charge in [-0.3, -0.25) is 9.69 Å². The Bertz CT molecular complexity index is 1120. The van der Waals surface area contributed by atoms with Crippen molar-refractivity contribution in [2.75, 3.05) is 25.5 Å². The van der Waals surface area contributed by atoms with Gasteiger partial charge in [-0.15, -0.1) is 0 Å². The maximum absolute atomic E-state index is 13.1. The molecule has 172 valence electrons. The second-order valence-electron chi connectivity index (χ2n) is 8.55. The molecule has 2 aromatic heterocycles. The van der Waals surface area contributed by atoms with Gasteiger partial charge in [0.1, 0.15) is 17.5 Å². The number of benzene rings is 1. The second-order valence-corrected chi connectivity index (χ2v) is 8.55. The first-order chi connectivity index (χ1) is 15.9. The number of nitrogens with one attached hydrogen (secondary N) is 1. The Morgan fingerprint density at radius 3 is 2.73 bits per heavy atom. The van der Waals surface area contributed by atoms with Crippen LogP contribution in [0.15, 0.2) is 48.8 Å². The highest BCUT2D eigenvalue weighted by Gasteiger charge is 2.29. The van der Waals surface area contributed by atoms with Gasteiger partial charge in [-0.2, -0.15) is 0 Å². The molecule has 1 fully saturated rings. The molecule has 1 N–H and O–H groups in total. The van der Waals surface area contributed by atoms with E-state index in [2.05, 4.69) is 26.3 Å².